The van der Waals surface area contributed by atoms with Crippen LogP contribution in [0.5, 0.6) is 0 Å². The molecule has 0 saturated carbocycles. The fourth-order valence-corrected chi connectivity index (χ4v) is 2.28. The van der Waals surface area contributed by atoms with Crippen LogP contribution in [0.25, 0.3) is 0 Å². The molecule has 2 N–H and O–H groups in total. The molecule has 2 atom stereocenters. The van der Waals surface area contributed by atoms with Gasteiger partial charge < -0.3 is 15.2 Å². The van der Waals surface area contributed by atoms with E-state index in [1.165, 1.54) is 6.07 Å². The fourth-order valence-electron chi connectivity index (χ4n) is 2.05. The number of halogens is 4. The highest BCUT2D eigenvalue weighted by Crippen LogP contribution is 2.36. The van der Waals surface area contributed by atoms with Crippen molar-refractivity contribution < 1.29 is 32.6 Å². The zero-order chi connectivity index (χ0) is 16.5. The number of ether oxygens (including phenoxy) is 1. The summed E-state index contributed by atoms with van der Waals surface area (Å²) in [5.41, 5.74) is -1.16. The van der Waals surface area contributed by atoms with Gasteiger partial charge in [-0.05, 0) is 31.0 Å². The molecule has 0 bridgehead atoms. The van der Waals surface area contributed by atoms with Crippen molar-refractivity contribution in [2.24, 2.45) is 0 Å². The van der Waals surface area contributed by atoms with Gasteiger partial charge in [-0.2, -0.15) is 13.2 Å². The summed E-state index contributed by atoms with van der Waals surface area (Å²) in [7, 11) is 0. The Labute approximate surface area is 128 Å². The van der Waals surface area contributed by atoms with Crippen LogP contribution in [0, 0.1) is 0 Å². The van der Waals surface area contributed by atoms with Crippen LogP contribution in [0.2, 0.25) is 5.02 Å². The number of hydrogen-bond donors (Lipinski definition) is 2. The summed E-state index contributed by atoms with van der Waals surface area (Å²) in [4.78, 5) is 22.6. The van der Waals surface area contributed by atoms with Crippen LogP contribution in [0.1, 0.15) is 18.4 Å². The number of carboxylic acid groups (broad SMARTS) is 1. The van der Waals surface area contributed by atoms with E-state index >= 15 is 0 Å². The molecule has 1 saturated heterocycles. The van der Waals surface area contributed by atoms with Crippen LogP contribution in [-0.4, -0.2) is 29.2 Å². The van der Waals surface area contributed by atoms with Gasteiger partial charge in [0.2, 0.25) is 0 Å². The van der Waals surface area contributed by atoms with Gasteiger partial charge in [-0.3, -0.25) is 4.79 Å². The van der Waals surface area contributed by atoms with Gasteiger partial charge >= 0.3 is 12.1 Å². The normalized spacial score (nSPS) is 21.6. The third-order valence-electron chi connectivity index (χ3n) is 3.13. The van der Waals surface area contributed by atoms with Crippen molar-refractivity contribution in [3.8, 4) is 0 Å². The van der Waals surface area contributed by atoms with E-state index in [2.05, 4.69) is 5.32 Å². The SMILES string of the molecule is O=C(Nc1ccc(Cl)c(C(F)(F)F)c1)[C@@H]1CC[C@H](C(=O)O)O1. The number of amides is 1. The first-order valence-electron chi connectivity index (χ1n) is 6.24. The van der Waals surface area contributed by atoms with Crippen molar-refractivity contribution >= 4 is 29.2 Å². The zero-order valence-corrected chi connectivity index (χ0v) is 11.7. The van der Waals surface area contributed by atoms with Gasteiger partial charge in [0.15, 0.2) is 6.10 Å². The van der Waals surface area contributed by atoms with Crippen molar-refractivity contribution in [3.05, 3.63) is 28.8 Å². The lowest BCUT2D eigenvalue weighted by molar-refractivity contribution is -0.151. The largest absolute Gasteiger partial charge is 0.479 e. The number of carbonyl (C=O) groups is 2. The molecule has 1 aliphatic rings. The number of carboxylic acids is 1. The second-order valence-electron chi connectivity index (χ2n) is 4.71. The molecule has 9 heteroatoms. The maximum absolute atomic E-state index is 12.7. The van der Waals surface area contributed by atoms with Gasteiger partial charge in [-0.25, -0.2) is 4.79 Å². The molecular weight excluding hydrogens is 327 g/mol. The van der Waals surface area contributed by atoms with Crippen LogP contribution >= 0.6 is 11.6 Å². The van der Waals surface area contributed by atoms with Gasteiger partial charge in [0.1, 0.15) is 6.10 Å². The number of aliphatic carboxylic acids is 1. The number of anilines is 1. The first kappa shape index (κ1) is 16.6. The lowest BCUT2D eigenvalue weighted by Gasteiger charge is -2.14. The molecule has 0 radical (unpaired) electrons. The maximum Gasteiger partial charge on any atom is 0.417 e. The van der Waals surface area contributed by atoms with Gasteiger partial charge in [0.05, 0.1) is 10.6 Å². The highest BCUT2D eigenvalue weighted by atomic mass is 35.5. The molecule has 1 aliphatic heterocycles. The summed E-state index contributed by atoms with van der Waals surface area (Å²) in [6.45, 7) is 0. The molecule has 1 amide bonds. The third kappa shape index (κ3) is 3.69. The molecule has 0 aliphatic carbocycles. The Hall–Kier alpha value is -1.80. The molecule has 5 nitrogen and oxygen atoms in total. The minimum Gasteiger partial charge on any atom is -0.479 e. The Balaban J connectivity index is 2.08. The fraction of sp³-hybridized carbons (Fsp3) is 0.385. The van der Waals surface area contributed by atoms with Gasteiger partial charge in [0, 0.05) is 5.69 Å². The Morgan fingerprint density at radius 1 is 1.27 bits per heavy atom. The van der Waals surface area contributed by atoms with Crippen LogP contribution in [-0.2, 0) is 20.5 Å². The third-order valence-corrected chi connectivity index (χ3v) is 3.46. The molecule has 0 unspecified atom stereocenters. The quantitative estimate of drug-likeness (QED) is 0.889. The number of nitrogens with one attached hydrogen (secondary N) is 1. The standard InChI is InChI=1S/C13H11ClF3NO4/c14-8-2-1-6(5-7(8)13(15,16)17)18-11(19)9-3-4-10(22-9)12(20)21/h1-2,5,9-10H,3-4H2,(H,18,19)(H,20,21)/t9-,10+/m0/s1. The number of rotatable bonds is 3. The summed E-state index contributed by atoms with van der Waals surface area (Å²) < 4.78 is 43.2. The molecule has 0 aromatic heterocycles. The Kier molecular flexibility index (Phi) is 4.62. The number of alkyl halides is 3. The Morgan fingerprint density at radius 3 is 2.45 bits per heavy atom. The summed E-state index contributed by atoms with van der Waals surface area (Å²) >= 11 is 5.48. The zero-order valence-electron chi connectivity index (χ0n) is 11.0. The van der Waals surface area contributed by atoms with Crippen LogP contribution < -0.4 is 5.32 Å². The second kappa shape index (κ2) is 6.13. The van der Waals surface area contributed by atoms with E-state index in [0.29, 0.717) is 6.07 Å². The molecule has 1 heterocycles. The predicted molar refractivity (Wildman–Crippen MR) is 70.6 cm³/mol. The average Bonchev–Trinajstić information content (AvgIpc) is 2.89. The maximum atomic E-state index is 12.7. The first-order valence-corrected chi connectivity index (χ1v) is 6.62. The van der Waals surface area contributed by atoms with E-state index in [4.69, 9.17) is 21.4 Å². The molecule has 22 heavy (non-hydrogen) atoms. The lowest BCUT2D eigenvalue weighted by atomic mass is 10.1. The molecule has 120 valence electrons. The van der Waals surface area contributed by atoms with E-state index in [-0.39, 0.29) is 18.5 Å². The number of hydrogen-bond acceptors (Lipinski definition) is 3. The molecule has 0 spiro atoms. The highest BCUT2D eigenvalue weighted by Gasteiger charge is 2.36. The number of carbonyl (C=O) groups excluding carboxylic acids is 1. The van der Waals surface area contributed by atoms with Crippen molar-refractivity contribution in [3.63, 3.8) is 0 Å². The smallest absolute Gasteiger partial charge is 0.417 e. The molecular formula is C13H11ClF3NO4. The predicted octanol–water partition coefficient (Wildman–Crippen LogP) is 2.93. The van der Waals surface area contributed by atoms with E-state index < -0.39 is 40.8 Å². The Bertz CT molecular complexity index is 605. The van der Waals surface area contributed by atoms with Crippen molar-refractivity contribution in [2.45, 2.75) is 31.2 Å². The summed E-state index contributed by atoms with van der Waals surface area (Å²) in [6.07, 6.45) is -6.38. The second-order valence-corrected chi connectivity index (χ2v) is 5.12. The Morgan fingerprint density at radius 2 is 1.91 bits per heavy atom. The van der Waals surface area contributed by atoms with Crippen LogP contribution in [0.4, 0.5) is 18.9 Å². The summed E-state index contributed by atoms with van der Waals surface area (Å²) in [5.74, 6) is -1.87. The molecule has 1 aromatic carbocycles. The average molecular weight is 338 g/mol. The highest BCUT2D eigenvalue weighted by molar-refractivity contribution is 6.31. The minimum atomic E-state index is -4.64. The lowest BCUT2D eigenvalue weighted by Crippen LogP contribution is -2.30. The topological polar surface area (TPSA) is 75.6 Å². The summed E-state index contributed by atoms with van der Waals surface area (Å²) in [6, 6.07) is 2.96. The van der Waals surface area contributed by atoms with Crippen LogP contribution in [0.3, 0.4) is 0 Å². The van der Waals surface area contributed by atoms with E-state index in [9.17, 15) is 22.8 Å². The van der Waals surface area contributed by atoms with Gasteiger partial charge in [-0.1, -0.05) is 11.6 Å². The van der Waals surface area contributed by atoms with Crippen molar-refractivity contribution in [2.75, 3.05) is 5.32 Å². The van der Waals surface area contributed by atoms with Crippen molar-refractivity contribution in [1.82, 2.24) is 0 Å². The number of benzene rings is 1. The molecule has 2 rings (SSSR count). The summed E-state index contributed by atoms with van der Waals surface area (Å²) in [5, 5.41) is 10.6. The molecule has 1 fully saturated rings. The van der Waals surface area contributed by atoms with Crippen LogP contribution in [0.15, 0.2) is 18.2 Å². The van der Waals surface area contributed by atoms with Gasteiger partial charge in [-0.15, -0.1) is 0 Å². The van der Waals surface area contributed by atoms with E-state index in [1.807, 2.05) is 0 Å². The monoisotopic (exact) mass is 337 g/mol. The van der Waals surface area contributed by atoms with Crippen molar-refractivity contribution in [1.29, 1.82) is 0 Å². The van der Waals surface area contributed by atoms with E-state index in [0.717, 1.165) is 6.07 Å². The van der Waals surface area contributed by atoms with Gasteiger partial charge in [0.25, 0.3) is 5.91 Å². The first-order chi connectivity index (χ1) is 10.2. The minimum absolute atomic E-state index is 0.0934. The molecule has 1 aromatic rings. The van der Waals surface area contributed by atoms with E-state index in [1.54, 1.807) is 0 Å².